The summed E-state index contributed by atoms with van der Waals surface area (Å²) in [6, 6.07) is 3.08. The fourth-order valence-corrected chi connectivity index (χ4v) is 0.966. The Labute approximate surface area is 81.2 Å². The maximum Gasteiger partial charge on any atom is 0.329 e. The van der Waals surface area contributed by atoms with Gasteiger partial charge in [-0.15, -0.1) is 0 Å². The van der Waals surface area contributed by atoms with E-state index in [1.54, 1.807) is 6.07 Å². The van der Waals surface area contributed by atoms with E-state index in [0.717, 1.165) is 0 Å². The molecule has 0 aliphatic heterocycles. The standard InChI is InChI=1S/C9H12N2O3/c1-9(10,8(13)14)7-4-6(5-12)2-3-11-7/h2-4,12H,5,10H2,1H3,(H,13,14). The van der Waals surface area contributed by atoms with E-state index in [1.165, 1.54) is 19.2 Å². The van der Waals surface area contributed by atoms with Crippen molar-refractivity contribution in [1.29, 1.82) is 0 Å². The average Bonchev–Trinajstić information content (AvgIpc) is 2.17. The van der Waals surface area contributed by atoms with Gasteiger partial charge in [-0.1, -0.05) is 0 Å². The molecule has 0 fully saturated rings. The lowest BCUT2D eigenvalue weighted by molar-refractivity contribution is -0.143. The normalized spacial score (nSPS) is 14.8. The van der Waals surface area contributed by atoms with E-state index in [1.807, 2.05) is 0 Å². The Morgan fingerprint density at radius 1 is 1.71 bits per heavy atom. The SMILES string of the molecule is CC(N)(C(=O)O)c1cc(CO)ccn1. The third-order valence-electron chi connectivity index (χ3n) is 1.98. The van der Waals surface area contributed by atoms with Crippen LogP contribution in [0.25, 0.3) is 0 Å². The first-order chi connectivity index (χ1) is 6.48. The minimum atomic E-state index is -1.52. The quantitative estimate of drug-likeness (QED) is 0.623. The van der Waals surface area contributed by atoms with Crippen LogP contribution in [0.4, 0.5) is 0 Å². The first-order valence-electron chi connectivity index (χ1n) is 4.07. The number of nitrogens with zero attached hydrogens (tertiary/aromatic N) is 1. The van der Waals surface area contributed by atoms with E-state index >= 15 is 0 Å². The van der Waals surface area contributed by atoms with Gasteiger partial charge < -0.3 is 15.9 Å². The van der Waals surface area contributed by atoms with Crippen LogP contribution in [0.3, 0.4) is 0 Å². The number of carboxylic acid groups (broad SMARTS) is 1. The highest BCUT2D eigenvalue weighted by atomic mass is 16.4. The van der Waals surface area contributed by atoms with Crippen molar-refractivity contribution in [2.24, 2.45) is 5.73 Å². The number of nitrogens with two attached hydrogens (primary N) is 1. The number of aliphatic hydroxyl groups is 1. The van der Waals surface area contributed by atoms with Crippen LogP contribution in [0, 0.1) is 0 Å². The number of carboxylic acids is 1. The van der Waals surface area contributed by atoms with Gasteiger partial charge in [0.2, 0.25) is 0 Å². The molecule has 0 amide bonds. The molecule has 1 aromatic rings. The van der Waals surface area contributed by atoms with Gasteiger partial charge >= 0.3 is 5.97 Å². The van der Waals surface area contributed by atoms with Gasteiger partial charge in [0.05, 0.1) is 12.3 Å². The molecule has 4 N–H and O–H groups in total. The van der Waals surface area contributed by atoms with E-state index in [-0.39, 0.29) is 12.3 Å². The number of hydrogen-bond acceptors (Lipinski definition) is 4. The van der Waals surface area contributed by atoms with Gasteiger partial charge in [0.15, 0.2) is 5.54 Å². The second kappa shape index (κ2) is 3.73. The maximum atomic E-state index is 10.8. The Bertz CT molecular complexity index is 350. The third-order valence-corrected chi connectivity index (χ3v) is 1.98. The summed E-state index contributed by atoms with van der Waals surface area (Å²) >= 11 is 0. The van der Waals surface area contributed by atoms with Crippen molar-refractivity contribution in [2.45, 2.75) is 19.1 Å². The maximum absolute atomic E-state index is 10.8. The molecule has 5 heteroatoms. The molecule has 0 aromatic carbocycles. The molecule has 1 rings (SSSR count). The van der Waals surface area contributed by atoms with Crippen molar-refractivity contribution in [3.8, 4) is 0 Å². The first-order valence-corrected chi connectivity index (χ1v) is 4.07. The lowest BCUT2D eigenvalue weighted by atomic mass is 9.98. The summed E-state index contributed by atoms with van der Waals surface area (Å²) in [5.41, 5.74) is 4.86. The number of hydrogen-bond donors (Lipinski definition) is 3. The smallest absolute Gasteiger partial charge is 0.329 e. The summed E-state index contributed by atoms with van der Waals surface area (Å²) < 4.78 is 0. The van der Waals surface area contributed by atoms with Gasteiger partial charge in [0.25, 0.3) is 0 Å². The fourth-order valence-electron chi connectivity index (χ4n) is 0.966. The molecule has 5 nitrogen and oxygen atoms in total. The van der Waals surface area contributed by atoms with Crippen molar-refractivity contribution < 1.29 is 15.0 Å². The largest absolute Gasteiger partial charge is 0.480 e. The first kappa shape index (κ1) is 10.6. The highest BCUT2D eigenvalue weighted by Crippen LogP contribution is 2.16. The van der Waals surface area contributed by atoms with Crippen LogP contribution in [0.5, 0.6) is 0 Å². The minimum Gasteiger partial charge on any atom is -0.480 e. The van der Waals surface area contributed by atoms with Crippen LogP contribution in [-0.4, -0.2) is 21.2 Å². The van der Waals surface area contributed by atoms with Gasteiger partial charge in [-0.2, -0.15) is 0 Å². The zero-order chi connectivity index (χ0) is 10.8. The molecule has 1 aromatic heterocycles. The molecule has 1 heterocycles. The fraction of sp³-hybridized carbons (Fsp3) is 0.333. The molecule has 0 aliphatic carbocycles. The molecule has 0 saturated carbocycles. The number of aliphatic carboxylic acids is 1. The minimum absolute atomic E-state index is 0.161. The van der Waals surface area contributed by atoms with Crippen LogP contribution < -0.4 is 5.73 Å². The van der Waals surface area contributed by atoms with Crippen LogP contribution in [0.2, 0.25) is 0 Å². The predicted octanol–water partition coefficient (Wildman–Crippen LogP) is -0.168. The summed E-state index contributed by atoms with van der Waals surface area (Å²) in [5.74, 6) is -1.15. The van der Waals surface area contributed by atoms with E-state index in [0.29, 0.717) is 5.56 Å². The molecule has 0 aliphatic rings. The number of aliphatic hydroxyl groups excluding tert-OH is 1. The second-order valence-corrected chi connectivity index (χ2v) is 3.21. The van der Waals surface area contributed by atoms with Crippen LogP contribution >= 0.6 is 0 Å². The van der Waals surface area contributed by atoms with Crippen LogP contribution in [-0.2, 0) is 16.9 Å². The predicted molar refractivity (Wildman–Crippen MR) is 49.3 cm³/mol. The topological polar surface area (TPSA) is 96.4 Å². The highest BCUT2D eigenvalue weighted by Gasteiger charge is 2.31. The van der Waals surface area contributed by atoms with Gasteiger partial charge in [-0.25, -0.2) is 4.79 Å². The van der Waals surface area contributed by atoms with Gasteiger partial charge in [0, 0.05) is 6.20 Å². The van der Waals surface area contributed by atoms with Gasteiger partial charge in [-0.05, 0) is 24.6 Å². The zero-order valence-corrected chi connectivity index (χ0v) is 7.77. The molecule has 0 bridgehead atoms. The lowest BCUT2D eigenvalue weighted by Gasteiger charge is -2.18. The Kier molecular flexibility index (Phi) is 2.83. The second-order valence-electron chi connectivity index (χ2n) is 3.21. The molecular formula is C9H12N2O3. The van der Waals surface area contributed by atoms with Crippen molar-refractivity contribution in [1.82, 2.24) is 4.98 Å². The summed E-state index contributed by atoms with van der Waals surface area (Å²) in [5, 5.41) is 17.7. The molecule has 1 atom stereocenters. The third kappa shape index (κ3) is 1.89. The number of carbonyl (C=O) groups is 1. The van der Waals surface area contributed by atoms with Gasteiger partial charge in [0.1, 0.15) is 0 Å². The molecule has 0 spiro atoms. The van der Waals surface area contributed by atoms with Crippen molar-refractivity contribution in [3.05, 3.63) is 29.6 Å². The van der Waals surface area contributed by atoms with E-state index < -0.39 is 11.5 Å². The molecule has 76 valence electrons. The van der Waals surface area contributed by atoms with E-state index in [4.69, 9.17) is 15.9 Å². The summed E-state index contributed by atoms with van der Waals surface area (Å²) in [6.45, 7) is 1.20. The monoisotopic (exact) mass is 196 g/mol. The van der Waals surface area contributed by atoms with E-state index in [9.17, 15) is 4.79 Å². The zero-order valence-electron chi connectivity index (χ0n) is 7.77. The summed E-state index contributed by atoms with van der Waals surface area (Å²) in [6.07, 6.45) is 1.43. The number of pyridine rings is 1. The highest BCUT2D eigenvalue weighted by molar-refractivity contribution is 5.79. The number of aromatic nitrogens is 1. The summed E-state index contributed by atoms with van der Waals surface area (Å²) in [4.78, 5) is 14.7. The molecular weight excluding hydrogens is 184 g/mol. The van der Waals surface area contributed by atoms with Crippen LogP contribution in [0.15, 0.2) is 18.3 Å². The molecule has 0 saturated heterocycles. The lowest BCUT2D eigenvalue weighted by Crippen LogP contribution is -2.42. The summed E-state index contributed by atoms with van der Waals surface area (Å²) in [7, 11) is 0. The Balaban J connectivity index is 3.12. The average molecular weight is 196 g/mol. The molecule has 14 heavy (non-hydrogen) atoms. The van der Waals surface area contributed by atoms with E-state index in [2.05, 4.69) is 4.98 Å². The Hall–Kier alpha value is -1.46. The Morgan fingerprint density at radius 3 is 2.86 bits per heavy atom. The van der Waals surface area contributed by atoms with Crippen molar-refractivity contribution in [3.63, 3.8) is 0 Å². The van der Waals surface area contributed by atoms with Crippen molar-refractivity contribution in [2.75, 3.05) is 0 Å². The van der Waals surface area contributed by atoms with Crippen molar-refractivity contribution >= 4 is 5.97 Å². The van der Waals surface area contributed by atoms with Gasteiger partial charge in [-0.3, -0.25) is 4.98 Å². The number of rotatable bonds is 3. The van der Waals surface area contributed by atoms with Crippen LogP contribution in [0.1, 0.15) is 18.2 Å². The molecule has 0 radical (unpaired) electrons. The molecule has 1 unspecified atom stereocenters. The Morgan fingerprint density at radius 2 is 2.36 bits per heavy atom.